The van der Waals surface area contributed by atoms with Crippen LogP contribution in [-0.2, 0) is 4.79 Å². The molecule has 0 aromatic carbocycles. The van der Waals surface area contributed by atoms with Gasteiger partial charge in [0.05, 0.1) is 4.08 Å². The lowest BCUT2D eigenvalue weighted by Crippen LogP contribution is -2.06. The van der Waals surface area contributed by atoms with Gasteiger partial charge in [-0.05, 0) is 19.8 Å². The van der Waals surface area contributed by atoms with Gasteiger partial charge in [-0.25, -0.2) is 0 Å². The molecule has 0 aromatic heterocycles. The summed E-state index contributed by atoms with van der Waals surface area (Å²) in [5, 5.41) is 8.29. The molecule has 4 heteroatoms. The maximum absolute atomic E-state index is 10.1. The summed E-state index contributed by atoms with van der Waals surface area (Å²) < 4.78 is -0.515. The van der Waals surface area contributed by atoms with E-state index in [0.717, 1.165) is 12.8 Å². The van der Waals surface area contributed by atoms with E-state index in [1.807, 2.05) is 0 Å². The van der Waals surface area contributed by atoms with E-state index in [9.17, 15) is 4.79 Å². The van der Waals surface area contributed by atoms with E-state index >= 15 is 0 Å². The van der Waals surface area contributed by atoms with Crippen LogP contribution in [0.15, 0.2) is 0 Å². The molecule has 0 amide bonds. The zero-order valence-electron chi connectivity index (χ0n) is 6.29. The van der Waals surface area contributed by atoms with Gasteiger partial charge >= 0.3 is 5.97 Å². The molecule has 1 radical (unpaired) electrons. The number of carboxylic acid groups (broad SMARTS) is 1. The summed E-state index contributed by atoms with van der Waals surface area (Å²) in [5.74, 6) is -0.752. The second-order valence-electron chi connectivity index (χ2n) is 2.58. The average molecular weight is 193 g/mol. The van der Waals surface area contributed by atoms with E-state index in [1.165, 1.54) is 0 Å². The van der Waals surface area contributed by atoms with E-state index in [4.69, 9.17) is 5.11 Å². The molecule has 0 rings (SSSR count). The van der Waals surface area contributed by atoms with E-state index in [1.54, 1.807) is 0 Å². The van der Waals surface area contributed by atoms with Crippen molar-refractivity contribution in [3.8, 4) is 0 Å². The molecule has 0 fully saturated rings. The fourth-order valence-corrected chi connectivity index (χ4v) is 1.00. The first-order valence-corrected chi connectivity index (χ1v) is 4.33. The summed E-state index contributed by atoms with van der Waals surface area (Å²) in [6, 6.07) is 0. The van der Waals surface area contributed by atoms with E-state index in [0.29, 0.717) is 6.42 Å². The maximum atomic E-state index is 10.1. The largest absolute Gasteiger partial charge is 0.481 e. The van der Waals surface area contributed by atoms with Gasteiger partial charge < -0.3 is 5.11 Å². The predicted molar refractivity (Wildman–Crippen MR) is 52.2 cm³/mol. The number of carboxylic acids is 1. The van der Waals surface area contributed by atoms with Crippen LogP contribution in [-0.4, -0.2) is 15.2 Å². The first-order chi connectivity index (χ1) is 4.92. The Bertz CT molecular complexity index is 129. The Labute approximate surface area is 78.2 Å². The first-order valence-electron chi connectivity index (χ1n) is 3.44. The third-order valence-corrected chi connectivity index (χ3v) is 1.67. The number of hydrogen-bond acceptors (Lipinski definition) is 3. The van der Waals surface area contributed by atoms with Gasteiger partial charge in [0.2, 0.25) is 0 Å². The van der Waals surface area contributed by atoms with Crippen molar-refractivity contribution in [2.24, 2.45) is 0 Å². The Hall–Kier alpha value is 0.170. The summed E-state index contributed by atoms with van der Waals surface area (Å²) >= 11 is 8.17. The van der Waals surface area contributed by atoms with Crippen molar-refractivity contribution in [2.75, 3.05) is 0 Å². The topological polar surface area (TPSA) is 37.3 Å². The Balaban J connectivity index is 3.22. The molecule has 0 aromatic rings. The van der Waals surface area contributed by atoms with Gasteiger partial charge in [-0.1, -0.05) is 6.42 Å². The number of unbranched alkanes of at least 4 members (excludes halogenated alkanes) is 1. The van der Waals surface area contributed by atoms with Crippen molar-refractivity contribution < 1.29 is 9.90 Å². The molecule has 11 heavy (non-hydrogen) atoms. The quantitative estimate of drug-likeness (QED) is 0.355. The Morgan fingerprint density at radius 3 is 2.36 bits per heavy atom. The van der Waals surface area contributed by atoms with Crippen molar-refractivity contribution in [3.05, 3.63) is 6.92 Å². The molecule has 0 spiro atoms. The lowest BCUT2D eigenvalue weighted by Gasteiger charge is -2.14. The minimum Gasteiger partial charge on any atom is -0.481 e. The van der Waals surface area contributed by atoms with Gasteiger partial charge in [-0.3, -0.25) is 4.79 Å². The van der Waals surface area contributed by atoms with E-state index < -0.39 is 10.0 Å². The summed E-state index contributed by atoms with van der Waals surface area (Å²) in [6.07, 6.45) is 2.43. The molecule has 0 heterocycles. The highest BCUT2D eigenvalue weighted by atomic mass is 32.2. The van der Waals surface area contributed by atoms with Crippen LogP contribution < -0.4 is 0 Å². The van der Waals surface area contributed by atoms with Gasteiger partial charge in [0.15, 0.2) is 0 Å². The number of thiol groups is 2. The average Bonchev–Trinajstić information content (AvgIpc) is 1.78. The number of aliphatic carboxylic acids is 1. The zero-order chi connectivity index (χ0) is 8.91. The molecular formula is C7H13O2S2. The number of carbonyl (C=O) groups is 1. The van der Waals surface area contributed by atoms with Crippen molar-refractivity contribution >= 4 is 31.2 Å². The van der Waals surface area contributed by atoms with Crippen molar-refractivity contribution in [2.45, 2.75) is 29.8 Å². The molecule has 0 aliphatic carbocycles. The van der Waals surface area contributed by atoms with Gasteiger partial charge in [0.1, 0.15) is 0 Å². The number of hydrogen-bond donors (Lipinski definition) is 3. The Morgan fingerprint density at radius 2 is 2.00 bits per heavy atom. The van der Waals surface area contributed by atoms with Crippen LogP contribution in [0, 0.1) is 6.92 Å². The van der Waals surface area contributed by atoms with Gasteiger partial charge in [0, 0.05) is 6.42 Å². The number of rotatable bonds is 5. The molecule has 0 saturated carbocycles. The van der Waals surface area contributed by atoms with Crippen LogP contribution in [0.25, 0.3) is 0 Å². The molecule has 0 aliphatic heterocycles. The molecular weight excluding hydrogens is 180 g/mol. The standard InChI is InChI=1S/C7H13O2S2/c1-7(10,11)5-3-2-4-6(8)9/h10-11H,1-5H2,(H,8,9). The molecule has 2 nitrogen and oxygen atoms in total. The predicted octanol–water partition coefficient (Wildman–Crippen LogP) is 2.02. The van der Waals surface area contributed by atoms with Crippen LogP contribution in [0.4, 0.5) is 0 Å². The Kier molecular flexibility index (Phi) is 5.01. The van der Waals surface area contributed by atoms with Crippen LogP contribution in [0.5, 0.6) is 0 Å². The molecule has 65 valence electrons. The highest BCUT2D eigenvalue weighted by Gasteiger charge is 2.11. The minimum atomic E-state index is -0.752. The fourth-order valence-electron chi connectivity index (χ4n) is 0.684. The molecule has 0 aliphatic rings. The lowest BCUT2D eigenvalue weighted by atomic mass is 10.1. The second kappa shape index (κ2) is 4.93. The normalized spacial score (nSPS) is 11.5. The maximum Gasteiger partial charge on any atom is 0.303 e. The highest BCUT2D eigenvalue weighted by Crippen LogP contribution is 2.24. The van der Waals surface area contributed by atoms with Crippen LogP contribution in [0.3, 0.4) is 0 Å². The van der Waals surface area contributed by atoms with Crippen molar-refractivity contribution in [3.63, 3.8) is 0 Å². The van der Waals surface area contributed by atoms with Gasteiger partial charge in [-0.2, -0.15) is 25.3 Å². The second-order valence-corrected chi connectivity index (χ2v) is 4.65. The van der Waals surface area contributed by atoms with E-state index in [2.05, 4.69) is 32.2 Å². The minimum absolute atomic E-state index is 0.220. The molecule has 0 saturated heterocycles. The van der Waals surface area contributed by atoms with Gasteiger partial charge in [0.25, 0.3) is 0 Å². The third kappa shape index (κ3) is 10.2. The monoisotopic (exact) mass is 193 g/mol. The third-order valence-electron chi connectivity index (χ3n) is 1.22. The first kappa shape index (κ1) is 11.2. The van der Waals surface area contributed by atoms with Crippen molar-refractivity contribution in [1.82, 2.24) is 0 Å². The SMILES string of the molecule is [CH2]C(S)(S)CCCCC(=O)O. The van der Waals surface area contributed by atoms with Crippen molar-refractivity contribution in [1.29, 1.82) is 0 Å². The fraction of sp³-hybridized carbons (Fsp3) is 0.714. The zero-order valence-corrected chi connectivity index (χ0v) is 8.07. The molecule has 0 unspecified atom stereocenters. The summed E-state index contributed by atoms with van der Waals surface area (Å²) in [6.45, 7) is 3.67. The van der Waals surface area contributed by atoms with Gasteiger partial charge in [-0.15, -0.1) is 0 Å². The summed E-state index contributed by atoms with van der Waals surface area (Å²) in [7, 11) is 0. The summed E-state index contributed by atoms with van der Waals surface area (Å²) in [5.41, 5.74) is 0. The van der Waals surface area contributed by atoms with E-state index in [-0.39, 0.29) is 6.42 Å². The van der Waals surface area contributed by atoms with Crippen LogP contribution >= 0.6 is 25.3 Å². The van der Waals surface area contributed by atoms with Crippen LogP contribution in [0.2, 0.25) is 0 Å². The summed E-state index contributed by atoms with van der Waals surface area (Å²) in [4.78, 5) is 10.1. The molecule has 0 bridgehead atoms. The molecule has 0 atom stereocenters. The molecule has 1 N–H and O–H groups in total. The van der Waals surface area contributed by atoms with Crippen LogP contribution in [0.1, 0.15) is 25.7 Å². The smallest absolute Gasteiger partial charge is 0.303 e. The Morgan fingerprint density at radius 1 is 1.45 bits per heavy atom. The lowest BCUT2D eigenvalue weighted by molar-refractivity contribution is -0.137. The highest BCUT2D eigenvalue weighted by molar-refractivity contribution is 8.00.